The van der Waals surface area contributed by atoms with Gasteiger partial charge in [0.1, 0.15) is 11.5 Å². The fraction of sp³-hybridized carbons (Fsp3) is 0.0714. The van der Waals surface area contributed by atoms with E-state index in [1.54, 1.807) is 24.3 Å². The molecule has 0 unspecified atom stereocenters. The number of phenols is 2. The molecule has 81 valence electrons. The molecule has 2 rings (SSSR count). The number of hydrogen-bond donors (Lipinski definition) is 2. The van der Waals surface area contributed by atoms with Crippen LogP contribution in [0.25, 0.3) is 0 Å². The molecular weight excluding hydrogens is 200 g/mol. The molecule has 0 spiro atoms. The van der Waals surface area contributed by atoms with E-state index in [0.29, 0.717) is 0 Å². The Morgan fingerprint density at radius 2 is 1.12 bits per heavy atom. The lowest BCUT2D eigenvalue weighted by molar-refractivity contribution is 0.465. The van der Waals surface area contributed by atoms with Crippen LogP contribution in [0.15, 0.2) is 48.5 Å². The van der Waals surface area contributed by atoms with Crippen LogP contribution in [0.5, 0.6) is 11.5 Å². The highest BCUT2D eigenvalue weighted by Crippen LogP contribution is 2.33. The van der Waals surface area contributed by atoms with Gasteiger partial charge in [-0.2, -0.15) is 0 Å². The summed E-state index contributed by atoms with van der Waals surface area (Å²) in [5, 5.41) is 19.5. The van der Waals surface area contributed by atoms with E-state index in [9.17, 15) is 10.2 Å². The van der Waals surface area contributed by atoms with Gasteiger partial charge in [0.05, 0.1) is 0 Å². The van der Waals surface area contributed by atoms with Gasteiger partial charge >= 0.3 is 0 Å². The maximum absolute atomic E-state index is 9.73. The Bertz CT molecular complexity index is 446. The first kappa shape index (κ1) is 10.6. The second-order valence-electron chi connectivity index (χ2n) is 3.66. The van der Waals surface area contributed by atoms with Gasteiger partial charge in [0.25, 0.3) is 0 Å². The van der Waals surface area contributed by atoms with Crippen molar-refractivity contribution < 1.29 is 10.2 Å². The van der Waals surface area contributed by atoms with Gasteiger partial charge in [0.15, 0.2) is 0 Å². The molecule has 0 saturated carbocycles. The minimum absolute atomic E-state index is 0.225. The van der Waals surface area contributed by atoms with E-state index < -0.39 is 0 Å². The average molecular weight is 213 g/mol. The molecule has 0 aliphatic carbocycles. The Labute approximate surface area is 94.8 Å². The average Bonchev–Trinajstić information content (AvgIpc) is 2.29. The molecule has 2 heteroatoms. The molecule has 0 saturated heterocycles. The van der Waals surface area contributed by atoms with E-state index in [-0.39, 0.29) is 11.5 Å². The van der Waals surface area contributed by atoms with Crippen LogP contribution in [0.4, 0.5) is 0 Å². The second kappa shape index (κ2) is 4.27. The maximum Gasteiger partial charge on any atom is 0.119 e. The highest BCUT2D eigenvalue weighted by Gasteiger charge is 2.15. The van der Waals surface area contributed by atoms with E-state index >= 15 is 0 Å². The molecule has 0 heterocycles. The Balaban J connectivity index is 2.44. The topological polar surface area (TPSA) is 40.5 Å². The molecule has 0 aliphatic rings. The monoisotopic (exact) mass is 213 g/mol. The molecule has 0 amide bonds. The number of phenolic OH excluding ortho intramolecular Hbond substituents is 2. The van der Waals surface area contributed by atoms with Gasteiger partial charge in [0, 0.05) is 17.0 Å². The fourth-order valence-electron chi connectivity index (χ4n) is 1.73. The van der Waals surface area contributed by atoms with E-state index in [1.165, 1.54) is 0 Å². The maximum atomic E-state index is 9.73. The van der Waals surface area contributed by atoms with E-state index in [0.717, 1.165) is 17.0 Å². The summed E-state index contributed by atoms with van der Waals surface area (Å²) in [6.07, 6.45) is 0. The molecule has 0 atom stereocenters. The third kappa shape index (κ3) is 1.87. The molecule has 2 aromatic carbocycles. The molecule has 0 fully saturated rings. The molecule has 1 radical (unpaired) electrons. The van der Waals surface area contributed by atoms with Gasteiger partial charge in [-0.3, -0.25) is 0 Å². The second-order valence-corrected chi connectivity index (χ2v) is 3.66. The van der Waals surface area contributed by atoms with Crippen LogP contribution < -0.4 is 0 Å². The Kier molecular flexibility index (Phi) is 2.82. The van der Waals surface area contributed by atoms with Crippen molar-refractivity contribution in [2.45, 2.75) is 6.92 Å². The van der Waals surface area contributed by atoms with Gasteiger partial charge in [-0.25, -0.2) is 0 Å². The minimum atomic E-state index is 0.225. The summed E-state index contributed by atoms with van der Waals surface area (Å²) >= 11 is 0. The fourth-order valence-corrected chi connectivity index (χ4v) is 1.73. The first-order valence-corrected chi connectivity index (χ1v) is 5.10. The van der Waals surface area contributed by atoms with E-state index in [4.69, 9.17) is 0 Å². The quantitative estimate of drug-likeness (QED) is 0.804. The number of aromatic hydroxyl groups is 2. The smallest absolute Gasteiger partial charge is 0.119 e. The zero-order valence-corrected chi connectivity index (χ0v) is 9.01. The summed E-state index contributed by atoms with van der Waals surface area (Å²) in [6, 6.07) is 14.2. The van der Waals surface area contributed by atoms with Crippen molar-refractivity contribution in [2.24, 2.45) is 0 Å². The number of benzene rings is 2. The van der Waals surface area contributed by atoms with Crippen LogP contribution in [-0.4, -0.2) is 10.2 Å². The molecule has 0 aromatic heterocycles. The Morgan fingerprint density at radius 1 is 0.750 bits per heavy atom. The summed E-state index contributed by atoms with van der Waals surface area (Å²) in [4.78, 5) is 0. The molecule has 0 aliphatic heterocycles. The highest BCUT2D eigenvalue weighted by molar-refractivity contribution is 5.54. The van der Waals surface area contributed by atoms with Crippen molar-refractivity contribution in [2.75, 3.05) is 0 Å². The predicted molar refractivity (Wildman–Crippen MR) is 63.3 cm³/mol. The molecular formula is C14H13O2. The van der Waals surface area contributed by atoms with Crippen molar-refractivity contribution in [3.63, 3.8) is 0 Å². The first-order valence-electron chi connectivity index (χ1n) is 5.10. The SMILES string of the molecule is C[C](c1ccccc1O)c1ccccc1O. The zero-order chi connectivity index (χ0) is 11.5. The van der Waals surface area contributed by atoms with E-state index in [2.05, 4.69) is 0 Å². The van der Waals surface area contributed by atoms with Crippen molar-refractivity contribution in [3.8, 4) is 11.5 Å². The van der Waals surface area contributed by atoms with Gasteiger partial charge in [-0.15, -0.1) is 0 Å². The summed E-state index contributed by atoms with van der Waals surface area (Å²) in [7, 11) is 0. The number of hydrogen-bond acceptors (Lipinski definition) is 2. The van der Waals surface area contributed by atoms with Gasteiger partial charge in [-0.05, 0) is 19.1 Å². The molecule has 0 bridgehead atoms. The van der Waals surface area contributed by atoms with Crippen molar-refractivity contribution >= 4 is 0 Å². The summed E-state index contributed by atoms with van der Waals surface area (Å²) in [6.45, 7) is 1.88. The van der Waals surface area contributed by atoms with Gasteiger partial charge in [-0.1, -0.05) is 36.4 Å². The largest absolute Gasteiger partial charge is 0.508 e. The Morgan fingerprint density at radius 3 is 1.50 bits per heavy atom. The lowest BCUT2D eigenvalue weighted by atomic mass is 9.92. The first-order chi connectivity index (χ1) is 7.70. The molecule has 2 aromatic rings. The van der Waals surface area contributed by atoms with Crippen molar-refractivity contribution in [1.29, 1.82) is 0 Å². The van der Waals surface area contributed by atoms with Crippen LogP contribution in [0.3, 0.4) is 0 Å². The van der Waals surface area contributed by atoms with Crippen LogP contribution in [-0.2, 0) is 0 Å². The van der Waals surface area contributed by atoms with Crippen molar-refractivity contribution in [3.05, 3.63) is 65.6 Å². The third-order valence-corrected chi connectivity index (χ3v) is 2.62. The summed E-state index contributed by atoms with van der Waals surface area (Å²) < 4.78 is 0. The molecule has 2 N–H and O–H groups in total. The minimum Gasteiger partial charge on any atom is -0.508 e. The molecule has 16 heavy (non-hydrogen) atoms. The van der Waals surface area contributed by atoms with Crippen LogP contribution in [0.1, 0.15) is 18.1 Å². The van der Waals surface area contributed by atoms with Crippen molar-refractivity contribution in [1.82, 2.24) is 0 Å². The van der Waals surface area contributed by atoms with Gasteiger partial charge < -0.3 is 10.2 Å². The summed E-state index contributed by atoms with van der Waals surface area (Å²) in [5.74, 6) is 1.31. The van der Waals surface area contributed by atoms with Gasteiger partial charge in [0.2, 0.25) is 0 Å². The van der Waals surface area contributed by atoms with Crippen LogP contribution >= 0.6 is 0 Å². The summed E-state index contributed by atoms with van der Waals surface area (Å²) in [5.41, 5.74) is 1.48. The standard InChI is InChI=1S/C14H13O2/c1-10(11-6-2-4-8-13(11)15)12-7-3-5-9-14(12)16/h2-9,15-16H,1H3. The van der Waals surface area contributed by atoms with Crippen LogP contribution in [0, 0.1) is 5.92 Å². The molecule has 2 nitrogen and oxygen atoms in total. The van der Waals surface area contributed by atoms with Crippen LogP contribution in [0.2, 0.25) is 0 Å². The normalized spacial score (nSPS) is 10.6. The Hall–Kier alpha value is -1.96. The number of para-hydroxylation sites is 2. The van der Waals surface area contributed by atoms with E-state index in [1.807, 2.05) is 31.2 Å². The number of rotatable bonds is 2. The highest BCUT2D eigenvalue weighted by atomic mass is 16.3. The lowest BCUT2D eigenvalue weighted by Gasteiger charge is -2.14. The lowest BCUT2D eigenvalue weighted by Crippen LogP contribution is -1.97. The zero-order valence-electron chi connectivity index (χ0n) is 9.01. The predicted octanol–water partition coefficient (Wildman–Crippen LogP) is 3.09. The third-order valence-electron chi connectivity index (χ3n) is 2.62.